The number of rotatable bonds is 4. The molecule has 1 aliphatic heterocycles. The van der Waals surface area contributed by atoms with Crippen molar-refractivity contribution in [2.24, 2.45) is 0 Å². The van der Waals surface area contributed by atoms with Gasteiger partial charge in [0.05, 0.1) is 16.7 Å². The van der Waals surface area contributed by atoms with Crippen LogP contribution in [0.25, 0.3) is 10.9 Å². The van der Waals surface area contributed by atoms with E-state index in [0.717, 1.165) is 48.9 Å². The number of nitrogens with zero attached hydrogens (tertiary/aromatic N) is 2. The molecule has 1 saturated heterocycles. The maximum atomic E-state index is 12.6. The van der Waals surface area contributed by atoms with E-state index >= 15 is 0 Å². The smallest absolute Gasteiger partial charge is 0.339 e. The van der Waals surface area contributed by atoms with Crippen molar-refractivity contribution >= 4 is 22.6 Å². The topological polar surface area (TPSA) is 51.7 Å². The maximum absolute atomic E-state index is 12.6. The van der Waals surface area contributed by atoms with Crippen molar-refractivity contribution in [3.8, 4) is 0 Å². The first-order valence-corrected chi connectivity index (χ1v) is 9.69. The zero-order valence-corrected chi connectivity index (χ0v) is 17.0. The van der Waals surface area contributed by atoms with Crippen LogP contribution in [0.15, 0.2) is 30.5 Å². The number of fused-ring (bicyclic) bond motifs is 1. The minimum absolute atomic E-state index is 0.00339. The average Bonchev–Trinajstić information content (AvgIpc) is 2.66. The van der Waals surface area contributed by atoms with Crippen LogP contribution in [-0.2, 0) is 9.47 Å². The monoisotopic (exact) mass is 370 g/mol. The normalized spacial score (nSPS) is 17.1. The number of carbonyl (C=O) groups excluding carboxylic acids is 1. The molecule has 5 nitrogen and oxygen atoms in total. The van der Waals surface area contributed by atoms with E-state index < -0.39 is 5.60 Å². The van der Waals surface area contributed by atoms with Gasteiger partial charge in [-0.05, 0) is 64.3 Å². The third-order valence-electron chi connectivity index (χ3n) is 5.46. The summed E-state index contributed by atoms with van der Waals surface area (Å²) in [5, 5.41) is 0.836. The van der Waals surface area contributed by atoms with E-state index in [2.05, 4.69) is 28.9 Å². The Kier molecular flexibility index (Phi) is 5.43. The summed E-state index contributed by atoms with van der Waals surface area (Å²) in [7, 11) is 1.81. The maximum Gasteiger partial charge on any atom is 0.339 e. The molecule has 0 bridgehead atoms. The van der Waals surface area contributed by atoms with Crippen LogP contribution in [0.4, 0.5) is 5.69 Å². The molecule has 146 valence electrons. The third-order valence-corrected chi connectivity index (χ3v) is 5.46. The molecule has 0 atom stereocenters. The van der Waals surface area contributed by atoms with Crippen molar-refractivity contribution in [3.63, 3.8) is 0 Å². The van der Waals surface area contributed by atoms with Crippen LogP contribution in [0, 0.1) is 0 Å². The Morgan fingerprint density at radius 2 is 1.93 bits per heavy atom. The zero-order chi connectivity index (χ0) is 19.7. The summed E-state index contributed by atoms with van der Waals surface area (Å²) in [6.45, 7) is 9.70. The lowest BCUT2D eigenvalue weighted by Gasteiger charge is -2.41. The van der Waals surface area contributed by atoms with Crippen molar-refractivity contribution in [1.29, 1.82) is 0 Å². The summed E-state index contributed by atoms with van der Waals surface area (Å²) in [6, 6.07) is 7.87. The summed E-state index contributed by atoms with van der Waals surface area (Å²) in [4.78, 5) is 19.4. The Morgan fingerprint density at radius 3 is 2.52 bits per heavy atom. The van der Waals surface area contributed by atoms with Crippen LogP contribution in [0.1, 0.15) is 57.3 Å². The molecule has 1 fully saturated rings. The van der Waals surface area contributed by atoms with Gasteiger partial charge in [-0.1, -0.05) is 6.92 Å². The predicted molar refractivity (Wildman–Crippen MR) is 108 cm³/mol. The molecule has 0 aliphatic carbocycles. The molecule has 0 amide bonds. The highest BCUT2D eigenvalue weighted by Crippen LogP contribution is 2.33. The molecule has 1 aromatic heterocycles. The lowest BCUT2D eigenvalue weighted by Crippen LogP contribution is -2.45. The van der Waals surface area contributed by atoms with Gasteiger partial charge < -0.3 is 14.4 Å². The molecule has 2 aromatic rings. The molecular weight excluding hydrogens is 340 g/mol. The predicted octanol–water partition coefficient (Wildman–Crippen LogP) is 4.59. The molecule has 0 radical (unpaired) electrons. The van der Waals surface area contributed by atoms with Gasteiger partial charge in [-0.15, -0.1) is 0 Å². The van der Waals surface area contributed by atoms with Crippen LogP contribution in [0.2, 0.25) is 0 Å². The second-order valence-corrected chi connectivity index (χ2v) is 8.29. The largest absolute Gasteiger partial charge is 0.456 e. The van der Waals surface area contributed by atoms with Crippen LogP contribution >= 0.6 is 0 Å². The Balaban J connectivity index is 1.89. The van der Waals surface area contributed by atoms with E-state index in [9.17, 15) is 4.79 Å². The fourth-order valence-corrected chi connectivity index (χ4v) is 3.72. The molecule has 0 saturated carbocycles. The summed E-state index contributed by atoms with van der Waals surface area (Å²) in [5.74, 6) is -0.310. The molecule has 27 heavy (non-hydrogen) atoms. The highest BCUT2D eigenvalue weighted by Gasteiger charge is 2.33. The lowest BCUT2D eigenvalue weighted by molar-refractivity contribution is -0.0322. The third kappa shape index (κ3) is 4.24. The quantitative estimate of drug-likeness (QED) is 0.737. The SMILES string of the molecule is CCC1(OC)CCN(c2ccc3nccc(C(=O)OC(C)(C)C)c3c2)CC1. The van der Waals surface area contributed by atoms with Crippen LogP contribution in [0.3, 0.4) is 0 Å². The van der Waals surface area contributed by atoms with Crippen molar-refractivity contribution in [3.05, 3.63) is 36.0 Å². The van der Waals surface area contributed by atoms with Crippen molar-refractivity contribution in [1.82, 2.24) is 4.98 Å². The van der Waals surface area contributed by atoms with Crippen molar-refractivity contribution in [2.45, 2.75) is 58.2 Å². The number of piperidine rings is 1. The molecule has 3 rings (SSSR count). The summed E-state index contributed by atoms with van der Waals surface area (Å²) in [5.41, 5.74) is 1.95. The van der Waals surface area contributed by atoms with E-state index in [4.69, 9.17) is 9.47 Å². The Bertz CT molecular complexity index is 812. The Morgan fingerprint density at radius 1 is 1.22 bits per heavy atom. The average molecular weight is 370 g/mol. The van der Waals surface area contributed by atoms with Gasteiger partial charge in [-0.2, -0.15) is 0 Å². The number of carbonyl (C=O) groups is 1. The molecule has 5 heteroatoms. The van der Waals surface area contributed by atoms with Gasteiger partial charge in [0.2, 0.25) is 0 Å². The molecule has 0 N–H and O–H groups in total. The molecule has 1 aliphatic rings. The van der Waals surface area contributed by atoms with Gasteiger partial charge >= 0.3 is 5.97 Å². The highest BCUT2D eigenvalue weighted by atomic mass is 16.6. The molecule has 1 aromatic carbocycles. The number of anilines is 1. The second kappa shape index (κ2) is 7.47. The van der Waals surface area contributed by atoms with Gasteiger partial charge in [0, 0.05) is 37.5 Å². The second-order valence-electron chi connectivity index (χ2n) is 8.29. The van der Waals surface area contributed by atoms with Gasteiger partial charge in [-0.3, -0.25) is 4.98 Å². The lowest BCUT2D eigenvalue weighted by atomic mass is 9.88. The van der Waals surface area contributed by atoms with E-state index in [1.54, 1.807) is 12.3 Å². The number of aromatic nitrogens is 1. The number of hydrogen-bond acceptors (Lipinski definition) is 5. The standard InChI is InChI=1S/C22H30N2O3/c1-6-22(26-5)10-13-24(14-11-22)16-7-8-19-18(15-16)17(9-12-23-19)20(25)27-21(2,3)4/h7-9,12,15H,6,10-11,13-14H2,1-5H3. The molecule has 0 spiro atoms. The molecule has 0 unspecified atom stereocenters. The van der Waals surface area contributed by atoms with Crippen molar-refractivity contribution < 1.29 is 14.3 Å². The van der Waals surface area contributed by atoms with E-state index in [1.807, 2.05) is 33.9 Å². The number of benzene rings is 1. The van der Waals surface area contributed by atoms with E-state index in [-0.39, 0.29) is 11.6 Å². The fourth-order valence-electron chi connectivity index (χ4n) is 3.72. The number of methoxy groups -OCH3 is 1. The number of pyridine rings is 1. The molecule has 2 heterocycles. The van der Waals surface area contributed by atoms with Crippen LogP contribution in [-0.4, -0.2) is 42.4 Å². The summed E-state index contributed by atoms with van der Waals surface area (Å²) in [6.07, 6.45) is 4.70. The summed E-state index contributed by atoms with van der Waals surface area (Å²) < 4.78 is 11.4. The van der Waals surface area contributed by atoms with Crippen LogP contribution < -0.4 is 4.90 Å². The fraction of sp³-hybridized carbons (Fsp3) is 0.545. The minimum atomic E-state index is -0.527. The van der Waals surface area contributed by atoms with Crippen LogP contribution in [0.5, 0.6) is 0 Å². The minimum Gasteiger partial charge on any atom is -0.456 e. The number of hydrogen-bond donors (Lipinski definition) is 0. The summed E-state index contributed by atoms with van der Waals surface area (Å²) >= 11 is 0. The van der Waals surface area contributed by atoms with Crippen molar-refractivity contribution in [2.75, 3.05) is 25.1 Å². The molecular formula is C22H30N2O3. The van der Waals surface area contributed by atoms with Gasteiger partial charge in [0.15, 0.2) is 0 Å². The number of esters is 1. The van der Waals surface area contributed by atoms with E-state index in [1.165, 1.54) is 0 Å². The number of ether oxygens (including phenoxy) is 2. The Labute approximate surface area is 161 Å². The zero-order valence-electron chi connectivity index (χ0n) is 17.0. The van der Waals surface area contributed by atoms with E-state index in [0.29, 0.717) is 5.56 Å². The first kappa shape index (κ1) is 19.6. The first-order valence-electron chi connectivity index (χ1n) is 9.69. The first-order chi connectivity index (χ1) is 12.8. The van der Waals surface area contributed by atoms with Gasteiger partial charge in [0.1, 0.15) is 5.60 Å². The highest BCUT2D eigenvalue weighted by molar-refractivity contribution is 6.04. The Hall–Kier alpha value is -2.14. The van der Waals surface area contributed by atoms with Gasteiger partial charge in [0.25, 0.3) is 0 Å². The van der Waals surface area contributed by atoms with Gasteiger partial charge in [-0.25, -0.2) is 4.79 Å².